The maximum absolute atomic E-state index is 9.82. The number of nitrogens with two attached hydrogens (primary N) is 1. The number of rotatable bonds is 5. The summed E-state index contributed by atoms with van der Waals surface area (Å²) in [6.45, 7) is 4.22. The summed E-state index contributed by atoms with van der Waals surface area (Å²) in [6, 6.07) is 0. The summed E-state index contributed by atoms with van der Waals surface area (Å²) in [5.41, 5.74) is 4.61. The van der Waals surface area contributed by atoms with Gasteiger partial charge < -0.3 is 16.2 Å². The molecule has 5 N–H and O–H groups in total. The maximum Gasteiger partial charge on any atom is 0.243 e. The molecule has 0 bridgehead atoms. The van der Waals surface area contributed by atoms with E-state index in [-0.39, 0.29) is 5.95 Å². The number of nitrogens with zero attached hydrogens (tertiary/aromatic N) is 2. The molecule has 6 heteroatoms. The van der Waals surface area contributed by atoms with E-state index in [9.17, 15) is 5.11 Å². The third-order valence-corrected chi connectivity index (χ3v) is 1.92. The predicted molar refractivity (Wildman–Crippen MR) is 54.8 cm³/mol. The molecule has 0 aliphatic rings. The van der Waals surface area contributed by atoms with Gasteiger partial charge in [-0.15, -0.1) is 5.10 Å². The van der Waals surface area contributed by atoms with Crippen molar-refractivity contribution in [2.75, 3.05) is 17.6 Å². The largest absolute Gasteiger partial charge is 0.388 e. The van der Waals surface area contributed by atoms with Gasteiger partial charge in [0.1, 0.15) is 0 Å². The van der Waals surface area contributed by atoms with Crippen LogP contribution in [-0.2, 0) is 0 Å². The van der Waals surface area contributed by atoms with Gasteiger partial charge in [0.15, 0.2) is 0 Å². The minimum absolute atomic E-state index is 0.266. The highest BCUT2D eigenvalue weighted by molar-refractivity contribution is 5.30. The Morgan fingerprint density at radius 3 is 2.86 bits per heavy atom. The number of aromatic amines is 1. The van der Waals surface area contributed by atoms with Crippen LogP contribution in [0.1, 0.15) is 26.7 Å². The topological polar surface area (TPSA) is 99.8 Å². The molecule has 0 spiro atoms. The third kappa shape index (κ3) is 3.21. The van der Waals surface area contributed by atoms with Crippen molar-refractivity contribution in [2.24, 2.45) is 0 Å². The van der Waals surface area contributed by atoms with Gasteiger partial charge in [0.2, 0.25) is 11.9 Å². The van der Waals surface area contributed by atoms with Crippen LogP contribution in [0.2, 0.25) is 0 Å². The first kappa shape index (κ1) is 10.8. The Morgan fingerprint density at radius 1 is 1.64 bits per heavy atom. The van der Waals surface area contributed by atoms with Gasteiger partial charge in [0.05, 0.1) is 5.60 Å². The molecule has 80 valence electrons. The van der Waals surface area contributed by atoms with Crippen molar-refractivity contribution in [1.82, 2.24) is 15.2 Å². The number of anilines is 2. The summed E-state index contributed by atoms with van der Waals surface area (Å²) in [6.07, 6.45) is 1.67. The summed E-state index contributed by atoms with van der Waals surface area (Å²) in [4.78, 5) is 3.86. The smallest absolute Gasteiger partial charge is 0.243 e. The molecule has 6 nitrogen and oxygen atoms in total. The molecule has 1 atom stereocenters. The first-order chi connectivity index (χ1) is 6.53. The summed E-state index contributed by atoms with van der Waals surface area (Å²) in [5.74, 6) is 0.682. The van der Waals surface area contributed by atoms with Gasteiger partial charge in [-0.05, 0) is 13.3 Å². The Balaban J connectivity index is 2.40. The van der Waals surface area contributed by atoms with E-state index in [1.54, 1.807) is 6.92 Å². The van der Waals surface area contributed by atoms with Crippen molar-refractivity contribution in [3.05, 3.63) is 0 Å². The lowest BCUT2D eigenvalue weighted by atomic mass is 10.0. The second-order valence-electron chi connectivity index (χ2n) is 3.64. The fourth-order valence-electron chi connectivity index (χ4n) is 1.25. The van der Waals surface area contributed by atoms with Crippen molar-refractivity contribution >= 4 is 11.9 Å². The Kier molecular flexibility index (Phi) is 3.29. The summed E-state index contributed by atoms with van der Waals surface area (Å²) >= 11 is 0. The molecule has 0 amide bonds. The predicted octanol–water partition coefficient (Wildman–Crippen LogP) is 0.350. The van der Waals surface area contributed by atoms with Gasteiger partial charge in [0.25, 0.3) is 0 Å². The molecule has 1 rings (SSSR count). The number of hydrogen-bond acceptors (Lipinski definition) is 5. The zero-order chi connectivity index (χ0) is 10.6. The fraction of sp³-hybridized carbons (Fsp3) is 0.750. The molecule has 1 aromatic heterocycles. The monoisotopic (exact) mass is 199 g/mol. The Hall–Kier alpha value is -1.30. The number of H-pyrrole nitrogens is 1. The number of nitrogens with one attached hydrogen (secondary N) is 2. The van der Waals surface area contributed by atoms with E-state index in [1.165, 1.54) is 0 Å². The highest BCUT2D eigenvalue weighted by Gasteiger charge is 2.19. The summed E-state index contributed by atoms with van der Waals surface area (Å²) < 4.78 is 0. The van der Waals surface area contributed by atoms with E-state index in [4.69, 9.17) is 5.73 Å². The molecule has 1 unspecified atom stereocenters. The molecule has 14 heavy (non-hydrogen) atoms. The van der Waals surface area contributed by atoms with Crippen molar-refractivity contribution in [3.8, 4) is 0 Å². The quantitative estimate of drug-likeness (QED) is 0.548. The fourth-order valence-corrected chi connectivity index (χ4v) is 1.25. The Bertz CT molecular complexity index is 283. The van der Waals surface area contributed by atoms with Gasteiger partial charge in [-0.2, -0.15) is 4.98 Å². The summed E-state index contributed by atoms with van der Waals surface area (Å²) in [7, 11) is 0. The van der Waals surface area contributed by atoms with Crippen molar-refractivity contribution in [3.63, 3.8) is 0 Å². The molecule has 0 saturated carbocycles. The lowest BCUT2D eigenvalue weighted by Gasteiger charge is -2.22. The minimum atomic E-state index is -0.732. The third-order valence-electron chi connectivity index (χ3n) is 1.92. The Morgan fingerprint density at radius 2 is 2.36 bits per heavy atom. The van der Waals surface area contributed by atoms with Crippen LogP contribution in [0.4, 0.5) is 11.9 Å². The van der Waals surface area contributed by atoms with E-state index >= 15 is 0 Å². The van der Waals surface area contributed by atoms with Crippen LogP contribution in [0.15, 0.2) is 0 Å². The second-order valence-corrected chi connectivity index (χ2v) is 3.64. The SMILES string of the molecule is CCCC(C)(O)CNc1n[nH]c(N)n1. The van der Waals surface area contributed by atoms with Crippen LogP contribution in [0.5, 0.6) is 0 Å². The first-order valence-electron chi connectivity index (χ1n) is 4.67. The number of nitrogen functional groups attached to an aromatic ring is 1. The highest BCUT2D eigenvalue weighted by atomic mass is 16.3. The van der Waals surface area contributed by atoms with E-state index in [2.05, 4.69) is 20.5 Å². The van der Waals surface area contributed by atoms with Crippen LogP contribution in [0.25, 0.3) is 0 Å². The lowest BCUT2D eigenvalue weighted by molar-refractivity contribution is 0.0635. The highest BCUT2D eigenvalue weighted by Crippen LogP contribution is 2.12. The van der Waals surface area contributed by atoms with E-state index in [0.717, 1.165) is 12.8 Å². The molecular weight excluding hydrogens is 182 g/mol. The first-order valence-corrected chi connectivity index (χ1v) is 4.67. The van der Waals surface area contributed by atoms with E-state index < -0.39 is 5.60 Å². The number of aliphatic hydroxyl groups is 1. The van der Waals surface area contributed by atoms with Crippen LogP contribution in [0.3, 0.4) is 0 Å². The molecule has 0 aromatic carbocycles. The molecule has 0 aliphatic carbocycles. The van der Waals surface area contributed by atoms with Gasteiger partial charge in [-0.1, -0.05) is 13.3 Å². The van der Waals surface area contributed by atoms with Crippen LogP contribution in [-0.4, -0.2) is 32.4 Å². The second kappa shape index (κ2) is 4.28. The van der Waals surface area contributed by atoms with Gasteiger partial charge in [-0.25, -0.2) is 5.10 Å². The molecule has 0 fully saturated rings. The minimum Gasteiger partial charge on any atom is -0.388 e. The molecule has 1 aromatic rings. The van der Waals surface area contributed by atoms with E-state index in [1.807, 2.05) is 6.92 Å². The molecule has 0 saturated heterocycles. The average Bonchev–Trinajstić information content (AvgIpc) is 2.48. The average molecular weight is 199 g/mol. The molecular formula is C8H17N5O. The molecule has 0 radical (unpaired) electrons. The Labute approximate surface area is 82.9 Å². The van der Waals surface area contributed by atoms with Gasteiger partial charge in [0, 0.05) is 6.54 Å². The van der Waals surface area contributed by atoms with E-state index in [0.29, 0.717) is 12.5 Å². The van der Waals surface area contributed by atoms with Crippen LogP contribution < -0.4 is 11.1 Å². The van der Waals surface area contributed by atoms with Crippen molar-refractivity contribution in [1.29, 1.82) is 0 Å². The zero-order valence-electron chi connectivity index (χ0n) is 8.54. The molecule has 1 heterocycles. The van der Waals surface area contributed by atoms with Crippen LogP contribution in [0, 0.1) is 0 Å². The van der Waals surface area contributed by atoms with Crippen molar-refractivity contribution in [2.45, 2.75) is 32.3 Å². The molecule has 0 aliphatic heterocycles. The summed E-state index contributed by atoms with van der Waals surface area (Å²) in [5, 5.41) is 19.0. The zero-order valence-corrected chi connectivity index (χ0v) is 8.54. The van der Waals surface area contributed by atoms with Gasteiger partial charge >= 0.3 is 0 Å². The standard InChI is InChI=1S/C8H17N5O/c1-3-4-8(2,14)5-10-7-11-6(9)12-13-7/h14H,3-5H2,1-2H3,(H4,9,10,11,12,13). The normalized spacial score (nSPS) is 15.1. The van der Waals surface area contributed by atoms with Crippen molar-refractivity contribution < 1.29 is 5.11 Å². The number of aromatic nitrogens is 3. The van der Waals surface area contributed by atoms with Crippen LogP contribution >= 0.6 is 0 Å². The maximum atomic E-state index is 9.82. The number of hydrogen-bond donors (Lipinski definition) is 4. The van der Waals surface area contributed by atoms with Gasteiger partial charge in [-0.3, -0.25) is 0 Å². The lowest BCUT2D eigenvalue weighted by Crippen LogP contribution is -2.33.